The van der Waals surface area contributed by atoms with Gasteiger partial charge in [-0.15, -0.1) is 0 Å². The van der Waals surface area contributed by atoms with Crippen molar-refractivity contribution in [3.63, 3.8) is 0 Å². The zero-order valence-electron chi connectivity index (χ0n) is 13.9. The Morgan fingerprint density at radius 3 is 2.48 bits per heavy atom. The highest BCUT2D eigenvalue weighted by Gasteiger charge is 2.26. The minimum absolute atomic E-state index is 0.0926. The summed E-state index contributed by atoms with van der Waals surface area (Å²) in [4.78, 5) is 0.0926. The van der Waals surface area contributed by atoms with Crippen LogP contribution in [0.3, 0.4) is 0 Å². The van der Waals surface area contributed by atoms with Gasteiger partial charge in [-0.3, -0.25) is 4.31 Å². The van der Waals surface area contributed by atoms with Gasteiger partial charge in [0.15, 0.2) is 11.5 Å². The lowest BCUT2D eigenvalue weighted by molar-refractivity contribution is 0.171. The van der Waals surface area contributed by atoms with E-state index in [1.807, 2.05) is 0 Å². The fraction of sp³-hybridized carbons (Fsp3) is 0.294. The molecule has 1 aliphatic rings. The normalized spacial score (nSPS) is 13.4. The second kappa shape index (κ2) is 7.01. The number of rotatable bonds is 5. The maximum absolute atomic E-state index is 13.0. The van der Waals surface area contributed by atoms with E-state index in [0.29, 0.717) is 36.1 Å². The van der Waals surface area contributed by atoms with Gasteiger partial charge in [0, 0.05) is 12.6 Å². The maximum Gasteiger partial charge on any atom is 0.264 e. The Morgan fingerprint density at radius 2 is 1.84 bits per heavy atom. The number of ether oxygens (including phenoxy) is 3. The average molecular weight is 384 g/mol. The maximum atomic E-state index is 13.0. The Kier molecular flexibility index (Phi) is 4.96. The molecular formula is C17H18ClNO5S. The molecule has 0 fully saturated rings. The summed E-state index contributed by atoms with van der Waals surface area (Å²) in [5, 5.41) is 0.238. The van der Waals surface area contributed by atoms with Crippen LogP contribution in [-0.2, 0) is 10.0 Å². The lowest BCUT2D eigenvalue weighted by atomic mass is 10.2. The van der Waals surface area contributed by atoms with Crippen molar-refractivity contribution >= 4 is 27.3 Å². The predicted molar refractivity (Wildman–Crippen MR) is 95.6 cm³/mol. The first kappa shape index (κ1) is 17.7. The Hall–Kier alpha value is -2.12. The number of halogens is 1. The summed E-state index contributed by atoms with van der Waals surface area (Å²) in [6.07, 6.45) is 0. The van der Waals surface area contributed by atoms with Gasteiger partial charge in [0.1, 0.15) is 19.0 Å². The van der Waals surface area contributed by atoms with E-state index in [9.17, 15) is 8.42 Å². The summed E-state index contributed by atoms with van der Waals surface area (Å²) in [6.45, 7) is 2.93. The summed E-state index contributed by atoms with van der Waals surface area (Å²) < 4.78 is 43.5. The van der Waals surface area contributed by atoms with E-state index in [1.165, 1.54) is 29.6 Å². The van der Waals surface area contributed by atoms with E-state index >= 15 is 0 Å². The van der Waals surface area contributed by atoms with Gasteiger partial charge < -0.3 is 14.2 Å². The van der Waals surface area contributed by atoms with Crippen LogP contribution < -0.4 is 18.5 Å². The molecule has 0 bridgehead atoms. The largest absolute Gasteiger partial charge is 0.495 e. The summed E-state index contributed by atoms with van der Waals surface area (Å²) >= 11 is 6.08. The quantitative estimate of drug-likeness (QED) is 0.792. The summed E-state index contributed by atoms with van der Waals surface area (Å²) in [5.41, 5.74) is 0.499. The third-order valence-corrected chi connectivity index (χ3v) is 6.01. The molecule has 0 amide bonds. The lowest BCUT2D eigenvalue weighted by Gasteiger charge is -2.25. The van der Waals surface area contributed by atoms with E-state index in [1.54, 1.807) is 25.1 Å². The highest BCUT2D eigenvalue weighted by molar-refractivity contribution is 7.92. The van der Waals surface area contributed by atoms with Crippen LogP contribution in [0.15, 0.2) is 41.3 Å². The lowest BCUT2D eigenvalue weighted by Crippen LogP contribution is -2.31. The van der Waals surface area contributed by atoms with Crippen LogP contribution in [-0.4, -0.2) is 35.3 Å². The molecule has 25 heavy (non-hydrogen) atoms. The zero-order chi connectivity index (χ0) is 18.0. The van der Waals surface area contributed by atoms with Gasteiger partial charge in [-0.1, -0.05) is 11.6 Å². The highest BCUT2D eigenvalue weighted by atomic mass is 35.5. The first-order valence-corrected chi connectivity index (χ1v) is 9.55. The zero-order valence-corrected chi connectivity index (χ0v) is 15.4. The van der Waals surface area contributed by atoms with Crippen molar-refractivity contribution in [1.82, 2.24) is 0 Å². The van der Waals surface area contributed by atoms with Crippen LogP contribution in [0.5, 0.6) is 17.2 Å². The summed E-state index contributed by atoms with van der Waals surface area (Å²) in [6, 6.07) is 9.47. The molecule has 0 aromatic heterocycles. The Labute approximate surface area is 151 Å². The molecule has 1 heterocycles. The van der Waals surface area contributed by atoms with Gasteiger partial charge >= 0.3 is 0 Å². The molecule has 0 atom stereocenters. The minimum Gasteiger partial charge on any atom is -0.495 e. The Balaban J connectivity index is 2.00. The van der Waals surface area contributed by atoms with Crippen molar-refractivity contribution in [2.75, 3.05) is 31.2 Å². The van der Waals surface area contributed by atoms with Gasteiger partial charge in [0.05, 0.1) is 22.7 Å². The molecule has 0 unspecified atom stereocenters. The van der Waals surface area contributed by atoms with Crippen molar-refractivity contribution in [2.24, 2.45) is 0 Å². The number of anilines is 1. The second-order valence-corrected chi connectivity index (χ2v) is 7.56. The van der Waals surface area contributed by atoms with Crippen LogP contribution in [0, 0.1) is 0 Å². The fourth-order valence-electron chi connectivity index (χ4n) is 2.61. The fourth-order valence-corrected chi connectivity index (χ4v) is 4.43. The molecule has 0 saturated carbocycles. The average Bonchev–Trinajstić information content (AvgIpc) is 2.62. The molecule has 134 valence electrons. The molecule has 0 N–H and O–H groups in total. The number of hydrogen-bond acceptors (Lipinski definition) is 5. The number of benzene rings is 2. The number of fused-ring (bicyclic) bond motifs is 1. The molecule has 2 aromatic carbocycles. The molecule has 2 aromatic rings. The molecule has 0 aliphatic carbocycles. The van der Waals surface area contributed by atoms with Gasteiger partial charge in [0.25, 0.3) is 10.0 Å². The van der Waals surface area contributed by atoms with Gasteiger partial charge in [-0.2, -0.15) is 0 Å². The van der Waals surface area contributed by atoms with E-state index in [4.69, 9.17) is 25.8 Å². The number of nitrogens with zero attached hydrogens (tertiary/aromatic N) is 1. The molecule has 0 saturated heterocycles. The van der Waals surface area contributed by atoms with Crippen molar-refractivity contribution in [1.29, 1.82) is 0 Å². The van der Waals surface area contributed by atoms with E-state index in [-0.39, 0.29) is 16.5 Å². The van der Waals surface area contributed by atoms with E-state index < -0.39 is 10.0 Å². The summed E-state index contributed by atoms with van der Waals surface area (Å²) in [5.74, 6) is 1.56. The first-order valence-electron chi connectivity index (χ1n) is 7.73. The number of sulfonamides is 1. The van der Waals surface area contributed by atoms with Gasteiger partial charge in [0.2, 0.25) is 0 Å². The molecule has 0 radical (unpaired) electrons. The van der Waals surface area contributed by atoms with Crippen LogP contribution in [0.25, 0.3) is 0 Å². The van der Waals surface area contributed by atoms with Gasteiger partial charge in [-0.05, 0) is 37.3 Å². The smallest absolute Gasteiger partial charge is 0.264 e. The predicted octanol–water partition coefficient (Wildman–Crippen LogP) is 3.34. The van der Waals surface area contributed by atoms with Crippen molar-refractivity contribution < 1.29 is 22.6 Å². The molecule has 8 heteroatoms. The van der Waals surface area contributed by atoms with Crippen LogP contribution >= 0.6 is 11.6 Å². The van der Waals surface area contributed by atoms with E-state index in [0.717, 1.165) is 0 Å². The molecule has 0 spiro atoms. The SMILES string of the molecule is CCN(c1ccc2c(c1)OCCO2)S(=O)(=O)c1ccc(OC)c(Cl)c1. The number of methoxy groups -OCH3 is 1. The van der Waals surface area contributed by atoms with Crippen LogP contribution in [0.1, 0.15) is 6.92 Å². The Morgan fingerprint density at radius 1 is 1.12 bits per heavy atom. The standard InChI is InChI=1S/C17H18ClNO5S/c1-3-19(12-4-6-16-17(10-12)24-9-8-23-16)25(20,21)13-5-7-15(22-2)14(18)11-13/h4-7,10-11H,3,8-9H2,1-2H3. The third kappa shape index (κ3) is 3.34. The highest BCUT2D eigenvalue weighted by Crippen LogP contribution is 2.36. The van der Waals surface area contributed by atoms with Gasteiger partial charge in [-0.25, -0.2) is 8.42 Å². The monoisotopic (exact) mass is 383 g/mol. The summed E-state index contributed by atoms with van der Waals surface area (Å²) in [7, 11) is -2.31. The van der Waals surface area contributed by atoms with Crippen molar-refractivity contribution in [3.05, 3.63) is 41.4 Å². The van der Waals surface area contributed by atoms with Crippen molar-refractivity contribution in [2.45, 2.75) is 11.8 Å². The van der Waals surface area contributed by atoms with Crippen molar-refractivity contribution in [3.8, 4) is 17.2 Å². The molecule has 3 rings (SSSR count). The number of hydrogen-bond donors (Lipinski definition) is 0. The van der Waals surface area contributed by atoms with E-state index in [2.05, 4.69) is 0 Å². The topological polar surface area (TPSA) is 65.1 Å². The van der Waals surface area contributed by atoms with Crippen LogP contribution in [0.4, 0.5) is 5.69 Å². The van der Waals surface area contributed by atoms with Crippen LogP contribution in [0.2, 0.25) is 5.02 Å². The Bertz CT molecular complexity index is 885. The first-order chi connectivity index (χ1) is 12.0. The third-order valence-electron chi connectivity index (χ3n) is 3.81. The molecule has 6 nitrogen and oxygen atoms in total. The molecule has 1 aliphatic heterocycles. The second-order valence-electron chi connectivity index (χ2n) is 5.29. The minimum atomic E-state index is -3.78. The molecular weight excluding hydrogens is 366 g/mol.